The van der Waals surface area contributed by atoms with Crippen molar-refractivity contribution in [2.24, 2.45) is 17.3 Å². The van der Waals surface area contributed by atoms with Crippen molar-refractivity contribution < 1.29 is 4.79 Å². The second-order valence-corrected chi connectivity index (χ2v) is 7.11. The van der Waals surface area contributed by atoms with E-state index in [0.29, 0.717) is 17.9 Å². The number of benzene rings is 1. The third kappa shape index (κ3) is 1.25. The van der Waals surface area contributed by atoms with Gasteiger partial charge in [-0.3, -0.25) is 4.79 Å². The second-order valence-electron chi connectivity index (χ2n) is 7.11. The Balaban J connectivity index is 1.93. The average molecular weight is 255 g/mol. The molecular weight excluding hydrogens is 234 g/mol. The largest absolute Gasteiger partial charge is 0.308 e. The Kier molecular flexibility index (Phi) is 2.07. The lowest BCUT2D eigenvalue weighted by atomic mass is 9.61. The Hall–Kier alpha value is -1.31. The number of hydrogen-bond acceptors (Lipinski definition) is 1. The maximum Gasteiger partial charge on any atom is 0.233 e. The van der Waals surface area contributed by atoms with Crippen molar-refractivity contribution >= 4 is 11.6 Å². The van der Waals surface area contributed by atoms with Gasteiger partial charge in [-0.1, -0.05) is 32.0 Å². The summed E-state index contributed by atoms with van der Waals surface area (Å²) in [6.45, 7) is 6.43. The highest BCUT2D eigenvalue weighted by molar-refractivity contribution is 6.02. The molecule has 1 aromatic carbocycles. The smallest absolute Gasteiger partial charge is 0.233 e. The molecule has 0 spiro atoms. The fraction of sp³-hybridized carbons (Fsp3) is 0.588. The van der Waals surface area contributed by atoms with Gasteiger partial charge in [0.05, 0.1) is 5.69 Å². The number of carbonyl (C=O) groups is 1. The molecule has 1 saturated heterocycles. The van der Waals surface area contributed by atoms with Gasteiger partial charge in [0, 0.05) is 11.5 Å². The van der Waals surface area contributed by atoms with Crippen LogP contribution in [0, 0.1) is 24.2 Å². The zero-order valence-electron chi connectivity index (χ0n) is 11.9. The molecule has 1 saturated carbocycles. The molecule has 0 unspecified atom stereocenters. The summed E-state index contributed by atoms with van der Waals surface area (Å²) in [6.07, 6.45) is 3.62. The van der Waals surface area contributed by atoms with Crippen LogP contribution in [0.4, 0.5) is 5.69 Å². The van der Waals surface area contributed by atoms with E-state index in [1.165, 1.54) is 29.7 Å². The molecular formula is C17H21NO. The summed E-state index contributed by atoms with van der Waals surface area (Å²) >= 11 is 0. The van der Waals surface area contributed by atoms with Crippen molar-refractivity contribution in [3.8, 4) is 0 Å². The molecule has 1 aromatic rings. The molecule has 2 aliphatic heterocycles. The van der Waals surface area contributed by atoms with Gasteiger partial charge >= 0.3 is 0 Å². The first-order valence-electron chi connectivity index (χ1n) is 7.44. The van der Waals surface area contributed by atoms with E-state index in [1.54, 1.807) is 0 Å². The van der Waals surface area contributed by atoms with Crippen molar-refractivity contribution in [1.82, 2.24) is 0 Å². The standard InChI is InChI=1S/C17H21NO/c1-10-5-4-6-11-7-8-12-9-13-15(12)18(14(10)11)16(19)17(13,2)3/h4-6,12-13,15H,7-9H2,1-3H3/t12-,13+,15-/m1/s1. The lowest BCUT2D eigenvalue weighted by Crippen LogP contribution is -2.49. The molecule has 0 bridgehead atoms. The van der Waals surface area contributed by atoms with Crippen LogP contribution in [-0.4, -0.2) is 11.9 Å². The Morgan fingerprint density at radius 3 is 2.89 bits per heavy atom. The number of anilines is 1. The third-order valence-corrected chi connectivity index (χ3v) is 5.79. The van der Waals surface area contributed by atoms with Crippen LogP contribution in [-0.2, 0) is 11.2 Å². The summed E-state index contributed by atoms with van der Waals surface area (Å²) in [5.41, 5.74) is 3.70. The van der Waals surface area contributed by atoms with Crippen molar-refractivity contribution in [3.05, 3.63) is 29.3 Å². The van der Waals surface area contributed by atoms with Crippen molar-refractivity contribution in [1.29, 1.82) is 0 Å². The van der Waals surface area contributed by atoms with Crippen LogP contribution in [0.25, 0.3) is 0 Å². The van der Waals surface area contributed by atoms with E-state index in [0.717, 1.165) is 12.3 Å². The first-order chi connectivity index (χ1) is 9.01. The zero-order valence-corrected chi connectivity index (χ0v) is 11.9. The van der Waals surface area contributed by atoms with Crippen LogP contribution in [0.1, 0.15) is 37.8 Å². The highest BCUT2D eigenvalue weighted by Gasteiger charge is 2.63. The highest BCUT2D eigenvalue weighted by atomic mass is 16.2. The van der Waals surface area contributed by atoms with Gasteiger partial charge in [-0.15, -0.1) is 0 Å². The number of hydrogen-bond donors (Lipinski definition) is 0. The summed E-state index contributed by atoms with van der Waals surface area (Å²) in [5, 5.41) is 0. The highest BCUT2D eigenvalue weighted by Crippen LogP contribution is 2.59. The minimum atomic E-state index is -0.169. The van der Waals surface area contributed by atoms with Gasteiger partial charge in [-0.25, -0.2) is 0 Å². The monoisotopic (exact) mass is 255 g/mol. The molecule has 2 nitrogen and oxygen atoms in total. The van der Waals surface area contributed by atoms with Crippen LogP contribution in [0.2, 0.25) is 0 Å². The molecule has 0 aromatic heterocycles. The Bertz CT molecular complexity index is 575. The van der Waals surface area contributed by atoms with E-state index in [9.17, 15) is 4.79 Å². The van der Waals surface area contributed by atoms with Gasteiger partial charge in [0.15, 0.2) is 0 Å². The number of nitrogens with zero attached hydrogens (tertiary/aromatic N) is 1. The molecule has 2 heterocycles. The lowest BCUT2D eigenvalue weighted by molar-refractivity contribution is -0.125. The Morgan fingerprint density at radius 2 is 2.11 bits per heavy atom. The Labute approximate surface area is 114 Å². The summed E-state index contributed by atoms with van der Waals surface area (Å²) in [4.78, 5) is 15.1. The van der Waals surface area contributed by atoms with E-state index in [4.69, 9.17) is 0 Å². The number of rotatable bonds is 0. The van der Waals surface area contributed by atoms with Crippen LogP contribution < -0.4 is 4.90 Å². The molecule has 2 fully saturated rings. The number of para-hydroxylation sites is 1. The normalized spacial score (nSPS) is 34.4. The molecule has 1 aliphatic carbocycles. The van der Waals surface area contributed by atoms with Crippen LogP contribution in [0.5, 0.6) is 0 Å². The Morgan fingerprint density at radius 1 is 1.32 bits per heavy atom. The van der Waals surface area contributed by atoms with E-state index in [-0.39, 0.29) is 5.41 Å². The maximum atomic E-state index is 12.9. The SMILES string of the molecule is Cc1cccc2c1N1C(=O)C(C)(C)[C@H]3C[C@@H](CC2)[C@H]31. The van der Waals surface area contributed by atoms with Crippen molar-refractivity contribution in [3.63, 3.8) is 0 Å². The van der Waals surface area contributed by atoms with Gasteiger partial charge < -0.3 is 4.90 Å². The van der Waals surface area contributed by atoms with E-state index >= 15 is 0 Å². The topological polar surface area (TPSA) is 20.3 Å². The van der Waals surface area contributed by atoms with Gasteiger partial charge in [0.2, 0.25) is 5.91 Å². The molecule has 3 atom stereocenters. The number of amides is 1. The molecule has 0 radical (unpaired) electrons. The van der Waals surface area contributed by atoms with E-state index < -0.39 is 0 Å². The van der Waals surface area contributed by atoms with Gasteiger partial charge in [0.25, 0.3) is 0 Å². The minimum Gasteiger partial charge on any atom is -0.308 e. The van der Waals surface area contributed by atoms with E-state index in [1.807, 2.05) is 0 Å². The minimum absolute atomic E-state index is 0.169. The quantitative estimate of drug-likeness (QED) is 0.696. The molecule has 0 N–H and O–H groups in total. The van der Waals surface area contributed by atoms with Crippen LogP contribution in [0.3, 0.4) is 0 Å². The molecule has 2 heteroatoms. The summed E-state index contributed by atoms with van der Waals surface area (Å²) in [6, 6.07) is 6.96. The lowest BCUT2D eigenvalue weighted by Gasteiger charge is -2.45. The summed E-state index contributed by atoms with van der Waals surface area (Å²) in [7, 11) is 0. The number of carbonyl (C=O) groups excluding carboxylic acids is 1. The second kappa shape index (κ2) is 3.41. The predicted octanol–water partition coefficient (Wildman–Crippen LogP) is 3.32. The molecule has 1 amide bonds. The number of aryl methyl sites for hydroxylation is 2. The molecule has 3 aliphatic rings. The number of fused-ring (bicyclic) bond motifs is 2. The maximum absolute atomic E-state index is 12.9. The predicted molar refractivity (Wildman–Crippen MR) is 76.2 cm³/mol. The van der Waals surface area contributed by atoms with Gasteiger partial charge in [-0.2, -0.15) is 0 Å². The zero-order chi connectivity index (χ0) is 13.4. The first-order valence-corrected chi connectivity index (χ1v) is 7.44. The summed E-state index contributed by atoms with van der Waals surface area (Å²) < 4.78 is 0. The van der Waals surface area contributed by atoms with Crippen molar-refractivity contribution in [2.45, 2.75) is 46.1 Å². The molecule has 4 rings (SSSR count). The van der Waals surface area contributed by atoms with Gasteiger partial charge in [0.1, 0.15) is 0 Å². The van der Waals surface area contributed by atoms with E-state index in [2.05, 4.69) is 43.9 Å². The van der Waals surface area contributed by atoms with Crippen LogP contribution >= 0.6 is 0 Å². The molecule has 19 heavy (non-hydrogen) atoms. The van der Waals surface area contributed by atoms with Gasteiger partial charge in [-0.05, 0) is 49.1 Å². The fourth-order valence-corrected chi connectivity index (χ4v) is 4.60. The molecule has 100 valence electrons. The van der Waals surface area contributed by atoms with Crippen LogP contribution in [0.15, 0.2) is 18.2 Å². The van der Waals surface area contributed by atoms with Crippen molar-refractivity contribution in [2.75, 3.05) is 4.90 Å². The fourth-order valence-electron chi connectivity index (χ4n) is 4.60. The first kappa shape index (κ1) is 11.5. The average Bonchev–Trinajstić information content (AvgIpc) is 2.44. The summed E-state index contributed by atoms with van der Waals surface area (Å²) in [5.74, 6) is 1.64. The third-order valence-electron chi connectivity index (χ3n) is 5.79.